The first-order valence-corrected chi connectivity index (χ1v) is 7.80. The number of rotatable bonds is 3. The van der Waals surface area contributed by atoms with Gasteiger partial charge in [0.05, 0.1) is 5.69 Å². The minimum absolute atomic E-state index is 0.151. The van der Waals surface area contributed by atoms with Crippen molar-refractivity contribution in [3.8, 4) is 0 Å². The van der Waals surface area contributed by atoms with Gasteiger partial charge in [0.1, 0.15) is 5.78 Å². The van der Waals surface area contributed by atoms with Crippen LogP contribution in [-0.2, 0) is 17.7 Å². The molecule has 0 saturated heterocycles. The first-order chi connectivity index (χ1) is 7.99. The van der Waals surface area contributed by atoms with E-state index in [-0.39, 0.29) is 5.78 Å². The van der Waals surface area contributed by atoms with Gasteiger partial charge in [0, 0.05) is 12.1 Å². The van der Waals surface area contributed by atoms with Crippen molar-refractivity contribution in [2.75, 3.05) is 0 Å². The summed E-state index contributed by atoms with van der Waals surface area (Å²) in [7, 11) is 9.47. The van der Waals surface area contributed by atoms with Crippen molar-refractivity contribution in [1.82, 2.24) is 0 Å². The van der Waals surface area contributed by atoms with Crippen LogP contribution >= 0.6 is 20.3 Å². The molecule has 0 aliphatic rings. The molecule has 1 aromatic rings. The zero-order valence-electron chi connectivity index (χ0n) is 9.96. The molecular formula is C12H15Cl2CoNO. The molecule has 1 aromatic carbocycles. The normalized spacial score (nSPS) is 10.8. The maximum absolute atomic E-state index is 10.8. The number of carbonyl (C=O) groups excluding carboxylic acids is 1. The Hall–Kier alpha value is -0.354. The van der Waals surface area contributed by atoms with E-state index in [2.05, 4.69) is 4.99 Å². The van der Waals surface area contributed by atoms with Crippen LogP contribution in [0.5, 0.6) is 0 Å². The summed E-state index contributed by atoms with van der Waals surface area (Å²) in [6, 6.07) is 7.94. The van der Waals surface area contributed by atoms with Crippen LogP contribution in [0.4, 0.5) is 5.69 Å². The Morgan fingerprint density at radius 3 is 2.12 bits per heavy atom. The van der Waals surface area contributed by atoms with E-state index in [1.54, 1.807) is 6.92 Å². The molecule has 0 aliphatic carbocycles. The monoisotopic (exact) mass is 318 g/mol. The SMILES string of the molecule is CC(=O)CC(C)=Nc1ccc(C)cc1.[Cl][Co][Cl]. The second kappa shape index (κ2) is 9.65. The topological polar surface area (TPSA) is 29.4 Å². The van der Waals surface area contributed by atoms with Crippen LogP contribution in [0.2, 0.25) is 0 Å². The second-order valence-corrected chi connectivity index (χ2v) is 5.33. The molecule has 0 N–H and O–H groups in total. The predicted octanol–water partition coefficient (Wildman–Crippen LogP) is 4.44. The van der Waals surface area contributed by atoms with E-state index in [1.165, 1.54) is 5.56 Å². The molecule has 0 fully saturated rings. The molecule has 2 nitrogen and oxygen atoms in total. The van der Waals surface area contributed by atoms with Crippen LogP contribution in [-0.4, -0.2) is 11.5 Å². The molecular weight excluding hydrogens is 304 g/mol. The second-order valence-electron chi connectivity index (χ2n) is 3.61. The number of aryl methyl sites for hydroxylation is 1. The number of halogens is 2. The molecule has 1 rings (SSSR count). The van der Waals surface area contributed by atoms with Gasteiger partial charge in [-0.2, -0.15) is 0 Å². The summed E-state index contributed by atoms with van der Waals surface area (Å²) in [4.78, 5) is 15.2. The molecule has 5 heteroatoms. The number of benzene rings is 1. The van der Waals surface area contributed by atoms with Crippen molar-refractivity contribution in [2.45, 2.75) is 27.2 Å². The van der Waals surface area contributed by atoms with E-state index in [0.29, 0.717) is 19.3 Å². The quantitative estimate of drug-likeness (QED) is 0.757. The van der Waals surface area contributed by atoms with Crippen molar-refractivity contribution in [1.29, 1.82) is 0 Å². The molecule has 17 heavy (non-hydrogen) atoms. The summed E-state index contributed by atoms with van der Waals surface area (Å²) in [5.41, 5.74) is 2.99. The summed E-state index contributed by atoms with van der Waals surface area (Å²) in [5.74, 6) is 0.151. The molecule has 0 amide bonds. The Balaban J connectivity index is 0.000000770. The number of hydrogen-bond donors (Lipinski definition) is 0. The Morgan fingerprint density at radius 2 is 1.71 bits per heavy atom. The molecule has 0 atom stereocenters. The van der Waals surface area contributed by atoms with Gasteiger partial charge in [-0.05, 0) is 32.9 Å². The third kappa shape index (κ3) is 9.36. The van der Waals surface area contributed by atoms with Crippen LogP contribution in [0.1, 0.15) is 25.8 Å². The Labute approximate surface area is 117 Å². The Morgan fingerprint density at radius 1 is 1.24 bits per heavy atom. The van der Waals surface area contributed by atoms with E-state index < -0.39 is 0 Å². The minimum atomic E-state index is 0.151. The van der Waals surface area contributed by atoms with E-state index in [0.717, 1.165) is 11.4 Å². The average molecular weight is 319 g/mol. The third-order valence-electron chi connectivity index (χ3n) is 1.86. The number of aliphatic imine (C=N–C) groups is 1. The molecule has 0 aliphatic heterocycles. The van der Waals surface area contributed by atoms with E-state index >= 15 is 0 Å². The first kappa shape index (κ1) is 16.6. The van der Waals surface area contributed by atoms with Crippen molar-refractivity contribution in [3.63, 3.8) is 0 Å². The fourth-order valence-corrected chi connectivity index (χ4v) is 1.24. The molecule has 0 unspecified atom stereocenters. The molecule has 97 valence electrons. The van der Waals surface area contributed by atoms with Gasteiger partial charge in [-0.3, -0.25) is 9.79 Å². The van der Waals surface area contributed by atoms with Gasteiger partial charge in [-0.15, -0.1) is 0 Å². The van der Waals surface area contributed by atoms with Crippen LogP contribution in [0, 0.1) is 6.92 Å². The van der Waals surface area contributed by atoms with Crippen molar-refractivity contribution in [2.24, 2.45) is 4.99 Å². The Bertz CT molecular complexity index is 377. The van der Waals surface area contributed by atoms with Gasteiger partial charge in [0.25, 0.3) is 0 Å². The molecule has 0 spiro atoms. The zero-order valence-corrected chi connectivity index (χ0v) is 12.5. The predicted molar refractivity (Wildman–Crippen MR) is 71.0 cm³/mol. The standard InChI is InChI=1S/C12H15NO.2ClH.Co/c1-9-4-6-12(7-5-9)13-10(2)8-11(3)14;;;/h4-7H,8H2,1-3H3;2*1H;/q;;;+2/p-2. The van der Waals surface area contributed by atoms with Gasteiger partial charge >= 0.3 is 33.2 Å². The van der Waals surface area contributed by atoms with E-state index in [4.69, 9.17) is 20.3 Å². The van der Waals surface area contributed by atoms with Crippen LogP contribution < -0.4 is 0 Å². The average Bonchev–Trinajstić information content (AvgIpc) is 2.21. The van der Waals surface area contributed by atoms with Gasteiger partial charge in [-0.1, -0.05) is 17.7 Å². The zero-order chi connectivity index (χ0) is 13.3. The number of nitrogens with zero attached hydrogens (tertiary/aromatic N) is 1. The van der Waals surface area contributed by atoms with Gasteiger partial charge in [0.2, 0.25) is 0 Å². The number of carbonyl (C=O) groups is 1. The molecule has 0 bridgehead atoms. The summed E-state index contributed by atoms with van der Waals surface area (Å²) in [6.07, 6.45) is 0.438. The summed E-state index contributed by atoms with van der Waals surface area (Å²) < 4.78 is 0. The van der Waals surface area contributed by atoms with Gasteiger partial charge < -0.3 is 0 Å². The first-order valence-electron chi connectivity index (χ1n) is 4.93. The van der Waals surface area contributed by atoms with Crippen molar-refractivity contribution < 1.29 is 17.7 Å². The fourth-order valence-electron chi connectivity index (χ4n) is 1.24. The number of Topliss-reactive ketones (excluding diaryl/α,β-unsaturated/α-hetero) is 1. The molecule has 0 radical (unpaired) electrons. The van der Waals surface area contributed by atoms with E-state index in [9.17, 15) is 4.79 Å². The molecule has 0 saturated carbocycles. The van der Waals surface area contributed by atoms with E-state index in [1.807, 2.05) is 38.1 Å². The third-order valence-corrected chi connectivity index (χ3v) is 1.86. The van der Waals surface area contributed by atoms with Gasteiger partial charge in [-0.25, -0.2) is 0 Å². The van der Waals surface area contributed by atoms with Crippen LogP contribution in [0.15, 0.2) is 29.3 Å². The van der Waals surface area contributed by atoms with Crippen molar-refractivity contribution >= 4 is 37.5 Å². The maximum atomic E-state index is 10.8. The number of hydrogen-bond acceptors (Lipinski definition) is 2. The molecule has 0 aromatic heterocycles. The van der Waals surface area contributed by atoms with Crippen LogP contribution in [0.3, 0.4) is 0 Å². The fraction of sp³-hybridized carbons (Fsp3) is 0.333. The Kier molecular flexibility index (Phi) is 9.45. The van der Waals surface area contributed by atoms with Gasteiger partial charge in [0.15, 0.2) is 0 Å². The molecule has 0 heterocycles. The van der Waals surface area contributed by atoms with Crippen LogP contribution in [0.25, 0.3) is 0 Å². The summed E-state index contributed by atoms with van der Waals surface area (Å²) in [5, 5.41) is 0. The van der Waals surface area contributed by atoms with Crippen molar-refractivity contribution in [3.05, 3.63) is 29.8 Å². The summed E-state index contributed by atoms with van der Waals surface area (Å²) in [6.45, 7) is 5.49. The summed E-state index contributed by atoms with van der Waals surface area (Å²) >= 11 is 0.382. The number of ketones is 1.